The van der Waals surface area contributed by atoms with Gasteiger partial charge in [-0.3, -0.25) is 14.9 Å². The lowest BCUT2D eigenvalue weighted by Gasteiger charge is -2.14. The van der Waals surface area contributed by atoms with Gasteiger partial charge in [-0.2, -0.15) is 5.26 Å². The van der Waals surface area contributed by atoms with E-state index in [0.29, 0.717) is 32.1 Å². The zero-order chi connectivity index (χ0) is 25.4. The highest BCUT2D eigenvalue weighted by Crippen LogP contribution is 2.35. The van der Waals surface area contributed by atoms with Crippen molar-refractivity contribution in [3.8, 4) is 23.3 Å². The molecule has 10 heteroatoms. The largest absolute Gasteiger partial charge is 0.497 e. The summed E-state index contributed by atoms with van der Waals surface area (Å²) in [6.07, 6.45) is 1.46. The van der Waals surface area contributed by atoms with Crippen LogP contribution in [0.4, 0.5) is 11.4 Å². The van der Waals surface area contributed by atoms with Crippen molar-refractivity contribution in [2.24, 2.45) is 0 Å². The lowest BCUT2D eigenvalue weighted by molar-refractivity contribution is -0.384. The van der Waals surface area contributed by atoms with Gasteiger partial charge in [-0.15, -0.1) is 0 Å². The summed E-state index contributed by atoms with van der Waals surface area (Å²) in [5.41, 5.74) is 1.77. The number of non-ortho nitro benzene ring substituents is 1. The van der Waals surface area contributed by atoms with Crippen molar-refractivity contribution in [2.45, 2.75) is 6.61 Å². The van der Waals surface area contributed by atoms with Crippen LogP contribution in [0.2, 0.25) is 0 Å². The average Bonchev–Trinajstić information content (AvgIpc) is 2.86. The normalized spacial score (nSPS) is 10.7. The van der Waals surface area contributed by atoms with Crippen molar-refractivity contribution in [3.05, 3.63) is 91.0 Å². The van der Waals surface area contributed by atoms with Crippen LogP contribution in [0.15, 0.2) is 66.2 Å². The number of carbonyl (C=O) groups excluding carboxylic acids is 1. The maximum atomic E-state index is 12.6. The highest BCUT2D eigenvalue weighted by Gasteiger charge is 2.15. The average molecular weight is 585 g/mol. The third kappa shape index (κ3) is 6.70. The molecule has 3 aromatic carbocycles. The summed E-state index contributed by atoms with van der Waals surface area (Å²) < 4.78 is 17.1. The second-order valence-electron chi connectivity index (χ2n) is 7.10. The number of hydrogen-bond acceptors (Lipinski definition) is 7. The van der Waals surface area contributed by atoms with Crippen LogP contribution in [0.5, 0.6) is 17.2 Å². The molecular weight excluding hydrogens is 565 g/mol. The van der Waals surface area contributed by atoms with Crippen LogP contribution in [0.3, 0.4) is 0 Å². The zero-order valence-electron chi connectivity index (χ0n) is 18.8. The predicted molar refractivity (Wildman–Crippen MR) is 138 cm³/mol. The molecule has 0 aliphatic rings. The first-order valence-electron chi connectivity index (χ1n) is 10.2. The van der Waals surface area contributed by atoms with Gasteiger partial charge in [0.15, 0.2) is 11.5 Å². The van der Waals surface area contributed by atoms with Gasteiger partial charge in [0.05, 0.1) is 22.7 Å². The van der Waals surface area contributed by atoms with Gasteiger partial charge in [-0.05, 0) is 88.3 Å². The molecular formula is C25H20IN3O6. The highest BCUT2D eigenvalue weighted by atomic mass is 127. The Morgan fingerprint density at radius 2 is 1.80 bits per heavy atom. The fraction of sp³-hybridized carbons (Fsp3) is 0.120. The van der Waals surface area contributed by atoms with E-state index >= 15 is 0 Å². The molecule has 178 valence electrons. The number of nitrogens with one attached hydrogen (secondary N) is 1. The number of nitrogens with zero attached hydrogens (tertiary/aromatic N) is 2. The molecule has 0 heterocycles. The van der Waals surface area contributed by atoms with Gasteiger partial charge >= 0.3 is 0 Å². The molecule has 1 amide bonds. The van der Waals surface area contributed by atoms with Gasteiger partial charge in [-0.1, -0.05) is 0 Å². The van der Waals surface area contributed by atoms with Gasteiger partial charge in [0.2, 0.25) is 0 Å². The maximum absolute atomic E-state index is 12.6. The first kappa shape index (κ1) is 25.5. The number of anilines is 1. The Hall–Kier alpha value is -4.11. The molecule has 0 atom stereocenters. The Bertz CT molecular complexity index is 1300. The summed E-state index contributed by atoms with van der Waals surface area (Å²) in [6, 6.07) is 18.2. The van der Waals surface area contributed by atoms with Crippen LogP contribution in [-0.4, -0.2) is 25.1 Å². The molecule has 0 fully saturated rings. The van der Waals surface area contributed by atoms with Crippen molar-refractivity contribution in [2.75, 3.05) is 19.5 Å². The molecule has 3 aromatic rings. The number of carbonyl (C=O) groups is 1. The molecule has 9 nitrogen and oxygen atoms in total. The Labute approximate surface area is 215 Å². The number of benzene rings is 3. The minimum absolute atomic E-state index is 0.00127. The highest BCUT2D eigenvalue weighted by molar-refractivity contribution is 14.1. The van der Waals surface area contributed by atoms with E-state index in [0.717, 1.165) is 5.56 Å². The molecule has 0 saturated carbocycles. The number of nitro groups is 1. The predicted octanol–water partition coefficient (Wildman–Crippen LogP) is 5.34. The van der Waals surface area contributed by atoms with E-state index in [-0.39, 0.29) is 17.9 Å². The molecule has 0 aromatic heterocycles. The summed E-state index contributed by atoms with van der Waals surface area (Å²) in [5.74, 6) is 0.990. The van der Waals surface area contributed by atoms with Crippen molar-refractivity contribution in [3.63, 3.8) is 0 Å². The zero-order valence-corrected chi connectivity index (χ0v) is 20.9. The number of rotatable bonds is 9. The maximum Gasteiger partial charge on any atom is 0.269 e. The standard InChI is InChI=1S/C25H20IN3O6/c1-33-21-9-5-19(6-10-21)28-25(30)18(14-27)11-17-12-22(26)24(23(13-17)34-2)35-15-16-3-7-20(8-4-16)29(31)32/h3-13H,15H2,1-2H3,(H,28,30)/b18-11-. The fourth-order valence-electron chi connectivity index (χ4n) is 3.02. The number of halogens is 1. The van der Waals surface area contributed by atoms with E-state index in [2.05, 4.69) is 27.9 Å². The number of methoxy groups -OCH3 is 2. The molecule has 0 radical (unpaired) electrons. The van der Waals surface area contributed by atoms with Gasteiger partial charge < -0.3 is 19.5 Å². The number of hydrogen-bond donors (Lipinski definition) is 1. The Kier molecular flexibility index (Phi) is 8.63. The first-order chi connectivity index (χ1) is 16.8. The Balaban J connectivity index is 1.77. The molecule has 0 saturated heterocycles. The monoisotopic (exact) mass is 585 g/mol. The van der Waals surface area contributed by atoms with Crippen LogP contribution in [0.25, 0.3) is 6.08 Å². The summed E-state index contributed by atoms with van der Waals surface area (Å²) in [6.45, 7) is 0.174. The third-order valence-electron chi connectivity index (χ3n) is 4.81. The van der Waals surface area contributed by atoms with Gasteiger partial charge in [0.25, 0.3) is 11.6 Å². The molecule has 0 unspecified atom stereocenters. The molecule has 0 aliphatic heterocycles. The van der Waals surface area contributed by atoms with Crippen LogP contribution in [0.1, 0.15) is 11.1 Å². The van der Waals surface area contributed by atoms with E-state index in [1.54, 1.807) is 55.6 Å². The van der Waals surface area contributed by atoms with Crippen molar-refractivity contribution < 1.29 is 23.9 Å². The minimum Gasteiger partial charge on any atom is -0.497 e. The van der Waals surface area contributed by atoms with Crippen molar-refractivity contribution in [1.82, 2.24) is 0 Å². The van der Waals surface area contributed by atoms with Gasteiger partial charge in [0.1, 0.15) is 24.0 Å². The molecule has 1 N–H and O–H groups in total. The lowest BCUT2D eigenvalue weighted by atomic mass is 10.1. The SMILES string of the molecule is COc1ccc(NC(=O)/C(C#N)=C\c2cc(I)c(OCc3ccc([N+](=O)[O-])cc3)c(OC)c2)cc1. The Morgan fingerprint density at radius 1 is 1.11 bits per heavy atom. The van der Waals surface area contributed by atoms with Crippen molar-refractivity contribution in [1.29, 1.82) is 5.26 Å². The second-order valence-corrected chi connectivity index (χ2v) is 8.26. The number of nitro benzene ring substituents is 1. The number of ether oxygens (including phenoxy) is 3. The third-order valence-corrected chi connectivity index (χ3v) is 5.61. The summed E-state index contributed by atoms with van der Waals surface area (Å²) in [4.78, 5) is 22.9. The van der Waals surface area contributed by atoms with E-state index < -0.39 is 10.8 Å². The molecule has 0 spiro atoms. The summed E-state index contributed by atoms with van der Waals surface area (Å²) in [7, 11) is 3.03. The molecule has 3 rings (SSSR count). The Morgan fingerprint density at radius 3 is 2.37 bits per heavy atom. The van der Waals surface area contributed by atoms with Gasteiger partial charge in [0, 0.05) is 17.8 Å². The fourth-order valence-corrected chi connectivity index (χ4v) is 3.80. The molecule has 0 bridgehead atoms. The van der Waals surface area contributed by atoms with Crippen molar-refractivity contribution >= 4 is 45.9 Å². The lowest BCUT2D eigenvalue weighted by Crippen LogP contribution is -2.13. The molecule has 0 aliphatic carbocycles. The summed E-state index contributed by atoms with van der Waals surface area (Å²) in [5, 5.41) is 23.0. The first-order valence-corrected chi connectivity index (χ1v) is 11.2. The van der Waals surface area contributed by atoms with Gasteiger partial charge in [-0.25, -0.2) is 0 Å². The second kappa shape index (κ2) is 11.8. The quantitative estimate of drug-likeness (QED) is 0.118. The van der Waals surface area contributed by atoms with E-state index in [4.69, 9.17) is 14.2 Å². The van der Waals surface area contributed by atoms with E-state index in [1.165, 1.54) is 25.3 Å². The van der Waals surface area contributed by atoms with Crippen LogP contribution in [0, 0.1) is 25.0 Å². The van der Waals surface area contributed by atoms with Crippen LogP contribution < -0.4 is 19.5 Å². The topological polar surface area (TPSA) is 124 Å². The van der Waals surface area contributed by atoms with E-state index in [1.807, 2.05) is 6.07 Å². The van der Waals surface area contributed by atoms with E-state index in [9.17, 15) is 20.2 Å². The van der Waals surface area contributed by atoms with Crippen LogP contribution in [-0.2, 0) is 11.4 Å². The van der Waals surface area contributed by atoms with Crippen LogP contribution >= 0.6 is 22.6 Å². The number of nitriles is 1. The summed E-state index contributed by atoms with van der Waals surface area (Å²) >= 11 is 2.07. The smallest absolute Gasteiger partial charge is 0.269 e. The number of amides is 1. The minimum atomic E-state index is -0.551. The molecule has 35 heavy (non-hydrogen) atoms.